The van der Waals surface area contributed by atoms with Gasteiger partial charge in [0.25, 0.3) is 0 Å². The average Bonchev–Trinajstić information content (AvgIpc) is 3.45. The van der Waals surface area contributed by atoms with Crippen LogP contribution in [0.15, 0.2) is 59.1 Å². The maximum Gasteiger partial charge on any atom is 0.204 e. The molecule has 0 bridgehead atoms. The molecule has 1 aliphatic heterocycles. The molecule has 4 rings (SSSR count). The second-order valence-corrected chi connectivity index (χ2v) is 18.2. The van der Waals surface area contributed by atoms with Gasteiger partial charge in [0.1, 0.15) is 17.1 Å². The summed E-state index contributed by atoms with van der Waals surface area (Å²) in [5.74, 6) is 2.22. The lowest BCUT2D eigenvalue weighted by Gasteiger charge is -2.29. The maximum atomic E-state index is 14.1. The number of aliphatic hydroxyl groups excluding tert-OH is 1. The van der Waals surface area contributed by atoms with Gasteiger partial charge in [-0.05, 0) is 37.0 Å². The lowest BCUT2D eigenvalue weighted by Crippen LogP contribution is -2.40. The molecule has 1 aromatic carbocycles. The van der Waals surface area contributed by atoms with E-state index in [2.05, 4.69) is 75.4 Å². The molecule has 0 saturated carbocycles. The third kappa shape index (κ3) is 12.9. The summed E-state index contributed by atoms with van der Waals surface area (Å²) in [4.78, 5) is 16.5. The fourth-order valence-corrected chi connectivity index (χ4v) is 9.39. The van der Waals surface area contributed by atoms with Crippen molar-refractivity contribution in [2.24, 2.45) is 5.92 Å². The molecule has 0 radical (unpaired) electrons. The van der Waals surface area contributed by atoms with Crippen LogP contribution in [0.1, 0.15) is 193 Å². The summed E-state index contributed by atoms with van der Waals surface area (Å²) in [6.07, 6.45) is 32.4. The van der Waals surface area contributed by atoms with Gasteiger partial charge in [0.05, 0.1) is 26.9 Å². The fraction of sp³-hybridized carbons (Fsp3) is 0.660. The molecule has 0 fully saturated rings. The number of hydrogen-bond donors (Lipinski definition) is 1. The van der Waals surface area contributed by atoms with Crippen LogP contribution in [0.2, 0.25) is 0 Å². The first-order chi connectivity index (χ1) is 29.1. The summed E-state index contributed by atoms with van der Waals surface area (Å²) < 4.78 is 19.8. The molecular weight excluding hydrogens is 745 g/mol. The number of unbranched alkanes of at least 4 members (excludes halogenated alkanes) is 17. The number of ketones is 1. The first-order valence-corrected chi connectivity index (χ1v) is 24.1. The first kappa shape index (κ1) is 48.9. The Morgan fingerprint density at radius 2 is 1.27 bits per heavy atom. The zero-order valence-corrected chi connectivity index (χ0v) is 39.5. The van der Waals surface area contributed by atoms with E-state index < -0.39 is 5.41 Å². The minimum Gasteiger partial charge on any atom is -0.506 e. The molecule has 0 saturated heterocycles. The molecule has 1 aromatic heterocycles. The highest BCUT2D eigenvalue weighted by molar-refractivity contribution is 6.24. The van der Waals surface area contributed by atoms with Gasteiger partial charge in [-0.2, -0.15) is 0 Å². The van der Waals surface area contributed by atoms with Gasteiger partial charge in [0.15, 0.2) is 29.9 Å². The monoisotopic (exact) mass is 828 g/mol. The number of carbonyl (C=O) groups excluding carboxylic acids is 1. The Labute approximate surface area is 365 Å². The van der Waals surface area contributed by atoms with Crippen molar-refractivity contribution in [1.29, 1.82) is 0 Å². The number of anilines is 1. The molecule has 0 amide bonds. The van der Waals surface area contributed by atoms with Crippen LogP contribution in [0.5, 0.6) is 11.5 Å². The lowest BCUT2D eigenvalue weighted by atomic mass is 9.79. The van der Waals surface area contributed by atoms with Crippen LogP contribution in [0, 0.1) is 12.8 Å². The number of aryl methyl sites for hydroxylation is 1. The van der Waals surface area contributed by atoms with Crippen molar-refractivity contribution >= 4 is 17.2 Å². The summed E-state index contributed by atoms with van der Waals surface area (Å²) in [7, 11) is 4.93. The number of carbonyl (C=O) groups is 1. The molecule has 0 spiro atoms. The number of benzene rings is 1. The van der Waals surface area contributed by atoms with Gasteiger partial charge >= 0.3 is 0 Å². The van der Waals surface area contributed by atoms with Crippen LogP contribution in [-0.4, -0.2) is 38.8 Å². The van der Waals surface area contributed by atoms with Crippen molar-refractivity contribution < 1.29 is 28.7 Å². The Balaban J connectivity index is 1.56. The summed E-state index contributed by atoms with van der Waals surface area (Å²) >= 11 is 0. The van der Waals surface area contributed by atoms with E-state index >= 15 is 0 Å². The minimum atomic E-state index is -0.447. The number of Topliss-reactive ketones (excluding diaryl/α,β-unsaturated/α-hetero) is 1. The van der Waals surface area contributed by atoms with Crippen molar-refractivity contribution in [3.8, 4) is 11.5 Å². The number of aliphatic hydroxyl groups is 1. The summed E-state index contributed by atoms with van der Waals surface area (Å²) in [6, 6.07) is 8.28. The third-order valence-corrected chi connectivity index (χ3v) is 13.2. The molecule has 7 heteroatoms. The van der Waals surface area contributed by atoms with Crippen LogP contribution < -0.4 is 18.9 Å². The molecule has 7 nitrogen and oxygen atoms in total. The van der Waals surface area contributed by atoms with E-state index in [1.807, 2.05) is 12.1 Å². The number of fused-ring (bicyclic) bond motifs is 1. The number of allylic oxidation sites excluding steroid dienone is 4. The molecule has 2 heterocycles. The van der Waals surface area contributed by atoms with Gasteiger partial charge in [-0.1, -0.05) is 157 Å². The van der Waals surface area contributed by atoms with Crippen molar-refractivity contribution in [3.63, 3.8) is 0 Å². The number of pyridine rings is 1. The van der Waals surface area contributed by atoms with Crippen LogP contribution in [0.4, 0.5) is 5.69 Å². The lowest BCUT2D eigenvalue weighted by molar-refractivity contribution is -0.709. The Kier molecular flexibility index (Phi) is 20.6. The SMILES string of the molecule is CCCCCCCCCCCCN1C(=CC2=C(O)C(=C(OC)c3cc[n+](CC(CCCCCC)CCCCCCCC)c(C)c3)C2=O)C(C)(C)c2cc(OC)c(OC)cc21. The zero-order chi connectivity index (χ0) is 43.5. The quantitative estimate of drug-likeness (QED) is 0.0366. The molecule has 2 aromatic rings. The zero-order valence-electron chi connectivity index (χ0n) is 39.5. The predicted octanol–water partition coefficient (Wildman–Crippen LogP) is 14.0. The fourth-order valence-electron chi connectivity index (χ4n) is 9.39. The minimum absolute atomic E-state index is 0.00869. The molecular formula is C53H83N2O5+. The molecule has 334 valence electrons. The van der Waals surface area contributed by atoms with Crippen molar-refractivity contribution in [2.45, 2.75) is 195 Å². The Morgan fingerprint density at radius 3 is 1.78 bits per heavy atom. The van der Waals surface area contributed by atoms with Crippen molar-refractivity contribution in [2.75, 3.05) is 32.8 Å². The van der Waals surface area contributed by atoms with E-state index in [-0.39, 0.29) is 17.1 Å². The van der Waals surface area contributed by atoms with E-state index in [9.17, 15) is 9.90 Å². The second-order valence-electron chi connectivity index (χ2n) is 18.2. The number of ether oxygens (including phenoxy) is 3. The highest BCUT2D eigenvalue weighted by Gasteiger charge is 2.44. The van der Waals surface area contributed by atoms with Gasteiger partial charge in [0.2, 0.25) is 5.78 Å². The molecule has 1 atom stereocenters. The van der Waals surface area contributed by atoms with Crippen molar-refractivity contribution in [3.05, 3.63) is 76.0 Å². The summed E-state index contributed by atoms with van der Waals surface area (Å²) in [5, 5.41) is 11.7. The van der Waals surface area contributed by atoms with Gasteiger partial charge in [-0.15, -0.1) is 0 Å². The number of hydrogen-bond acceptors (Lipinski definition) is 6. The van der Waals surface area contributed by atoms with Gasteiger partial charge < -0.3 is 24.2 Å². The van der Waals surface area contributed by atoms with E-state index in [4.69, 9.17) is 14.2 Å². The number of methoxy groups -OCH3 is 3. The summed E-state index contributed by atoms with van der Waals surface area (Å²) in [6.45, 7) is 15.1. The largest absolute Gasteiger partial charge is 0.506 e. The van der Waals surface area contributed by atoms with Crippen LogP contribution in [0.3, 0.4) is 0 Å². The molecule has 1 N–H and O–H groups in total. The predicted molar refractivity (Wildman–Crippen MR) is 250 cm³/mol. The number of nitrogens with zero attached hydrogens (tertiary/aromatic N) is 2. The van der Waals surface area contributed by atoms with Gasteiger partial charge in [-0.3, -0.25) is 4.79 Å². The number of aromatic nitrogens is 1. The summed E-state index contributed by atoms with van der Waals surface area (Å²) in [5.41, 5.74) is 5.21. The highest BCUT2D eigenvalue weighted by atomic mass is 16.5. The molecule has 60 heavy (non-hydrogen) atoms. The van der Waals surface area contributed by atoms with Gasteiger partial charge in [0, 0.05) is 59.9 Å². The van der Waals surface area contributed by atoms with Gasteiger partial charge in [-0.25, -0.2) is 4.57 Å². The van der Waals surface area contributed by atoms with Crippen LogP contribution in [0.25, 0.3) is 5.76 Å². The molecule has 1 unspecified atom stereocenters. The molecule has 2 aliphatic rings. The standard InChI is InChI=1S/C53H82N2O5/c1-10-13-16-19-21-22-23-24-26-29-33-55-45-38-47(59-8)46(58-7)37-44(45)53(5,6)48(55)36-43-50(56)49(51(43)57)52(60-9)42-32-34-54(40(4)35-42)39-41(30-27-18-15-12-3)31-28-25-20-17-14-11-2/h32,34-38,41H,10-31,33,39H2,1-9H3/p+1. The Morgan fingerprint density at radius 1 is 0.750 bits per heavy atom. The first-order valence-electron chi connectivity index (χ1n) is 24.1. The smallest absolute Gasteiger partial charge is 0.204 e. The topological polar surface area (TPSA) is 72.1 Å². The third-order valence-electron chi connectivity index (χ3n) is 13.2. The van der Waals surface area contributed by atoms with E-state index in [0.29, 0.717) is 28.7 Å². The Bertz CT molecular complexity index is 1750. The van der Waals surface area contributed by atoms with E-state index in [1.165, 1.54) is 128 Å². The second kappa shape index (κ2) is 25.3. The van der Waals surface area contributed by atoms with E-state index in [0.717, 1.165) is 54.1 Å². The van der Waals surface area contributed by atoms with Crippen molar-refractivity contribution in [1.82, 2.24) is 0 Å². The maximum absolute atomic E-state index is 14.1. The normalized spacial score (nSPS) is 16.6. The average molecular weight is 828 g/mol. The van der Waals surface area contributed by atoms with Crippen LogP contribution in [-0.2, 0) is 21.5 Å². The molecule has 1 aliphatic carbocycles. The highest BCUT2D eigenvalue weighted by Crippen LogP contribution is 2.52. The number of rotatable bonds is 30. The van der Waals surface area contributed by atoms with Crippen LogP contribution >= 0.6 is 0 Å². The van der Waals surface area contributed by atoms with E-state index in [1.54, 1.807) is 21.3 Å². The Hall–Kier alpha value is -3.74.